The fourth-order valence-corrected chi connectivity index (χ4v) is 2.03. The van der Waals surface area contributed by atoms with Gasteiger partial charge in [-0.2, -0.15) is 0 Å². The lowest BCUT2D eigenvalue weighted by atomic mass is 10.3. The molecule has 1 fully saturated rings. The Hall–Kier alpha value is -1.47. The summed E-state index contributed by atoms with van der Waals surface area (Å²) >= 11 is 0. The number of methoxy groups -OCH3 is 1. The zero-order valence-electron chi connectivity index (χ0n) is 10.6. The van der Waals surface area contributed by atoms with Crippen LogP contribution >= 0.6 is 0 Å². The molecule has 2 heterocycles. The monoisotopic (exact) mass is 253 g/mol. The first kappa shape index (κ1) is 13.0. The molecule has 0 radical (unpaired) electrons. The van der Waals surface area contributed by atoms with Gasteiger partial charge in [0.1, 0.15) is 0 Å². The second kappa shape index (κ2) is 5.92. The molecule has 1 aromatic heterocycles. The molecule has 1 aromatic rings. The van der Waals surface area contributed by atoms with E-state index < -0.39 is 0 Å². The molecule has 2 rings (SSSR count). The van der Waals surface area contributed by atoms with Crippen LogP contribution in [0.5, 0.6) is 0 Å². The van der Waals surface area contributed by atoms with Crippen molar-refractivity contribution in [2.75, 3.05) is 26.7 Å². The first-order chi connectivity index (χ1) is 8.74. The Morgan fingerprint density at radius 1 is 1.67 bits per heavy atom. The summed E-state index contributed by atoms with van der Waals surface area (Å²) < 4.78 is 6.89. The molecule has 1 saturated heterocycles. The van der Waals surface area contributed by atoms with Crippen LogP contribution in [0.1, 0.15) is 23.3 Å². The van der Waals surface area contributed by atoms with Crippen LogP contribution < -0.4 is 5.73 Å². The van der Waals surface area contributed by atoms with Gasteiger partial charge < -0.3 is 15.4 Å². The molecular weight excluding hydrogens is 234 g/mol. The number of aryl methyl sites for hydroxylation is 1. The summed E-state index contributed by atoms with van der Waals surface area (Å²) in [5, 5.41) is 7.82. The van der Waals surface area contributed by atoms with Crippen LogP contribution in [-0.4, -0.2) is 58.6 Å². The lowest BCUT2D eigenvalue weighted by Gasteiger charge is -2.13. The summed E-state index contributed by atoms with van der Waals surface area (Å²) in [5.41, 5.74) is 5.81. The van der Waals surface area contributed by atoms with Crippen LogP contribution in [0.25, 0.3) is 0 Å². The van der Waals surface area contributed by atoms with E-state index in [2.05, 4.69) is 10.3 Å². The van der Waals surface area contributed by atoms with Gasteiger partial charge in [0.2, 0.25) is 0 Å². The summed E-state index contributed by atoms with van der Waals surface area (Å²) in [6, 6.07) is 0. The van der Waals surface area contributed by atoms with Gasteiger partial charge in [-0.15, -0.1) is 5.10 Å². The average molecular weight is 253 g/mol. The fourth-order valence-electron chi connectivity index (χ4n) is 2.03. The number of carbonyl (C=O) groups is 1. The third kappa shape index (κ3) is 2.85. The molecule has 100 valence electrons. The molecule has 7 heteroatoms. The molecule has 2 N–H and O–H groups in total. The predicted molar refractivity (Wildman–Crippen MR) is 65.0 cm³/mol. The van der Waals surface area contributed by atoms with E-state index in [1.165, 1.54) is 0 Å². The minimum absolute atomic E-state index is 0.0754. The molecule has 1 amide bonds. The number of aromatic nitrogens is 3. The van der Waals surface area contributed by atoms with Gasteiger partial charge in [-0.3, -0.25) is 9.48 Å². The van der Waals surface area contributed by atoms with Gasteiger partial charge in [0.15, 0.2) is 5.69 Å². The summed E-state index contributed by atoms with van der Waals surface area (Å²) in [4.78, 5) is 13.9. The number of nitrogens with zero attached hydrogens (tertiary/aromatic N) is 4. The highest BCUT2D eigenvalue weighted by atomic mass is 16.5. The van der Waals surface area contributed by atoms with Crippen molar-refractivity contribution < 1.29 is 9.53 Å². The van der Waals surface area contributed by atoms with Crippen molar-refractivity contribution in [1.82, 2.24) is 19.9 Å². The van der Waals surface area contributed by atoms with Crippen LogP contribution in [0.2, 0.25) is 0 Å². The highest BCUT2D eigenvalue weighted by molar-refractivity contribution is 5.92. The van der Waals surface area contributed by atoms with Gasteiger partial charge in [0, 0.05) is 26.7 Å². The van der Waals surface area contributed by atoms with E-state index >= 15 is 0 Å². The first-order valence-electron chi connectivity index (χ1n) is 6.17. The predicted octanol–water partition coefficient (Wildman–Crippen LogP) is -0.512. The quantitative estimate of drug-likeness (QED) is 0.763. The van der Waals surface area contributed by atoms with Gasteiger partial charge in [-0.05, 0) is 19.4 Å². The molecule has 1 atom stereocenters. The molecule has 0 aliphatic carbocycles. The van der Waals surface area contributed by atoms with Gasteiger partial charge in [-0.25, -0.2) is 0 Å². The molecule has 0 bridgehead atoms. The van der Waals surface area contributed by atoms with Crippen molar-refractivity contribution in [1.29, 1.82) is 0 Å². The Balaban J connectivity index is 1.94. The zero-order chi connectivity index (χ0) is 13.0. The number of rotatable bonds is 5. The number of nitrogens with two attached hydrogens (primary N) is 1. The number of hydrogen-bond donors (Lipinski definition) is 1. The van der Waals surface area contributed by atoms with Gasteiger partial charge >= 0.3 is 0 Å². The van der Waals surface area contributed by atoms with E-state index in [0.29, 0.717) is 31.9 Å². The number of carbonyl (C=O) groups excluding carboxylic acids is 1. The normalized spacial score (nSPS) is 19.4. The van der Waals surface area contributed by atoms with E-state index in [-0.39, 0.29) is 12.0 Å². The number of ether oxygens (including phenoxy) is 1. The zero-order valence-corrected chi connectivity index (χ0v) is 10.6. The standard InChI is InChI=1S/C11H19N5O2/c1-18-9-3-6-15(7-9)11(17)10-8-16(14-13-10)5-2-4-12/h8-9H,2-7,12H2,1H3. The lowest BCUT2D eigenvalue weighted by Crippen LogP contribution is -2.30. The van der Waals surface area contributed by atoms with Crippen molar-refractivity contribution in [2.24, 2.45) is 5.73 Å². The maximum atomic E-state index is 12.1. The van der Waals surface area contributed by atoms with E-state index in [1.54, 1.807) is 22.9 Å². The molecule has 1 aliphatic heterocycles. The van der Waals surface area contributed by atoms with Gasteiger partial charge in [-0.1, -0.05) is 5.21 Å². The molecular formula is C11H19N5O2. The maximum Gasteiger partial charge on any atom is 0.276 e. The van der Waals surface area contributed by atoms with E-state index in [9.17, 15) is 4.79 Å². The molecule has 0 saturated carbocycles. The minimum atomic E-state index is -0.0754. The smallest absolute Gasteiger partial charge is 0.276 e. The molecule has 1 aliphatic rings. The largest absolute Gasteiger partial charge is 0.380 e. The average Bonchev–Trinajstić information content (AvgIpc) is 3.04. The maximum absolute atomic E-state index is 12.1. The van der Waals surface area contributed by atoms with Crippen molar-refractivity contribution in [3.8, 4) is 0 Å². The SMILES string of the molecule is COC1CCN(C(=O)c2cn(CCCN)nn2)C1. The second-order valence-electron chi connectivity index (χ2n) is 4.41. The van der Waals surface area contributed by atoms with Crippen molar-refractivity contribution >= 4 is 5.91 Å². The van der Waals surface area contributed by atoms with Crippen LogP contribution in [-0.2, 0) is 11.3 Å². The third-order valence-corrected chi connectivity index (χ3v) is 3.11. The van der Waals surface area contributed by atoms with Crippen molar-refractivity contribution in [3.05, 3.63) is 11.9 Å². The topological polar surface area (TPSA) is 86.3 Å². The van der Waals surface area contributed by atoms with Crippen LogP contribution in [0.3, 0.4) is 0 Å². The van der Waals surface area contributed by atoms with E-state index in [0.717, 1.165) is 12.8 Å². The summed E-state index contributed by atoms with van der Waals surface area (Å²) in [6.07, 6.45) is 3.52. The van der Waals surface area contributed by atoms with Crippen molar-refractivity contribution in [3.63, 3.8) is 0 Å². The second-order valence-corrected chi connectivity index (χ2v) is 4.41. The first-order valence-corrected chi connectivity index (χ1v) is 6.17. The van der Waals surface area contributed by atoms with Crippen molar-refractivity contribution in [2.45, 2.75) is 25.5 Å². The summed E-state index contributed by atoms with van der Waals surface area (Å²) in [6.45, 7) is 2.64. The third-order valence-electron chi connectivity index (χ3n) is 3.11. The van der Waals surface area contributed by atoms with Gasteiger partial charge in [0.05, 0.1) is 12.3 Å². The van der Waals surface area contributed by atoms with E-state index in [1.807, 2.05) is 0 Å². The number of amides is 1. The molecule has 0 aromatic carbocycles. The molecule has 1 unspecified atom stereocenters. The Labute approximate surface area is 106 Å². The van der Waals surface area contributed by atoms with Gasteiger partial charge in [0.25, 0.3) is 5.91 Å². The fraction of sp³-hybridized carbons (Fsp3) is 0.727. The van der Waals surface area contributed by atoms with Crippen LogP contribution in [0.4, 0.5) is 0 Å². The number of likely N-dealkylation sites (tertiary alicyclic amines) is 1. The lowest BCUT2D eigenvalue weighted by molar-refractivity contribution is 0.0719. The Morgan fingerprint density at radius 3 is 3.17 bits per heavy atom. The van der Waals surface area contributed by atoms with E-state index in [4.69, 9.17) is 10.5 Å². The summed E-state index contributed by atoms with van der Waals surface area (Å²) in [5.74, 6) is -0.0754. The number of hydrogen-bond acceptors (Lipinski definition) is 5. The van der Waals surface area contributed by atoms with Crippen LogP contribution in [0.15, 0.2) is 6.20 Å². The molecule has 0 spiro atoms. The highest BCUT2D eigenvalue weighted by Gasteiger charge is 2.28. The Morgan fingerprint density at radius 2 is 2.50 bits per heavy atom. The molecule has 18 heavy (non-hydrogen) atoms. The summed E-state index contributed by atoms with van der Waals surface area (Å²) in [7, 11) is 1.67. The molecule has 7 nitrogen and oxygen atoms in total. The highest BCUT2D eigenvalue weighted by Crippen LogP contribution is 2.14. The van der Waals surface area contributed by atoms with Crippen LogP contribution in [0, 0.1) is 0 Å². The minimum Gasteiger partial charge on any atom is -0.380 e. The Kier molecular flexibility index (Phi) is 4.27. The Bertz CT molecular complexity index is 406.